The fourth-order valence-corrected chi connectivity index (χ4v) is 4.89. The van der Waals surface area contributed by atoms with Gasteiger partial charge >= 0.3 is 0 Å². The van der Waals surface area contributed by atoms with Crippen LogP contribution in [0.25, 0.3) is 22.0 Å². The van der Waals surface area contributed by atoms with E-state index < -0.39 is 11.6 Å². The van der Waals surface area contributed by atoms with E-state index in [4.69, 9.17) is 14.5 Å². The highest BCUT2D eigenvalue weighted by atomic mass is 19.1. The van der Waals surface area contributed by atoms with Crippen LogP contribution in [0, 0.1) is 18.6 Å². The number of hydrogen-bond donors (Lipinski definition) is 1. The Balaban J connectivity index is 1.53. The minimum absolute atomic E-state index is 0.266. The molecule has 0 amide bonds. The van der Waals surface area contributed by atoms with Crippen molar-refractivity contribution in [1.29, 1.82) is 0 Å². The Bertz CT molecular complexity index is 1490. The van der Waals surface area contributed by atoms with Gasteiger partial charge in [0.2, 0.25) is 0 Å². The SMILES string of the molecule is COc1cncc(-c2cnc(N3CCOCC3)cc2Nc2c(C)c(C3CC3)nc3cc(F)cc(F)c23)c1. The summed E-state index contributed by atoms with van der Waals surface area (Å²) in [4.78, 5) is 15.9. The van der Waals surface area contributed by atoms with E-state index >= 15 is 4.39 Å². The molecular formula is C28H27F2N5O2. The molecule has 0 bridgehead atoms. The number of halogens is 2. The zero-order chi connectivity index (χ0) is 25.5. The van der Waals surface area contributed by atoms with Gasteiger partial charge in [0.25, 0.3) is 0 Å². The van der Waals surface area contributed by atoms with Crippen LogP contribution in [0.15, 0.2) is 42.9 Å². The second kappa shape index (κ2) is 9.55. The number of rotatable bonds is 6. The summed E-state index contributed by atoms with van der Waals surface area (Å²) in [5.74, 6) is 0.414. The van der Waals surface area contributed by atoms with E-state index in [-0.39, 0.29) is 5.39 Å². The molecule has 4 aromatic rings. The van der Waals surface area contributed by atoms with Crippen molar-refractivity contribution in [1.82, 2.24) is 15.0 Å². The zero-order valence-electron chi connectivity index (χ0n) is 20.7. The van der Waals surface area contributed by atoms with Crippen molar-refractivity contribution in [2.45, 2.75) is 25.7 Å². The molecule has 1 N–H and O–H groups in total. The van der Waals surface area contributed by atoms with Crippen molar-refractivity contribution in [2.75, 3.05) is 43.6 Å². The van der Waals surface area contributed by atoms with Gasteiger partial charge in [0.05, 0.1) is 48.8 Å². The maximum Gasteiger partial charge on any atom is 0.137 e. The van der Waals surface area contributed by atoms with Crippen LogP contribution >= 0.6 is 0 Å². The van der Waals surface area contributed by atoms with E-state index in [0.29, 0.717) is 36.1 Å². The smallest absolute Gasteiger partial charge is 0.137 e. The first kappa shape index (κ1) is 23.5. The third-order valence-corrected chi connectivity index (χ3v) is 6.99. The van der Waals surface area contributed by atoms with Crippen molar-refractivity contribution >= 4 is 28.1 Å². The van der Waals surface area contributed by atoms with Crippen LogP contribution in [-0.2, 0) is 4.74 Å². The van der Waals surface area contributed by atoms with Crippen molar-refractivity contribution < 1.29 is 18.3 Å². The zero-order valence-corrected chi connectivity index (χ0v) is 20.7. The average Bonchev–Trinajstić information content (AvgIpc) is 3.76. The third kappa shape index (κ3) is 4.55. The second-order valence-corrected chi connectivity index (χ2v) is 9.48. The molecule has 0 radical (unpaired) electrons. The van der Waals surface area contributed by atoms with Crippen LogP contribution in [0.4, 0.5) is 26.0 Å². The van der Waals surface area contributed by atoms with Gasteiger partial charge in [-0.3, -0.25) is 9.97 Å². The predicted molar refractivity (Wildman–Crippen MR) is 139 cm³/mol. The van der Waals surface area contributed by atoms with E-state index in [1.54, 1.807) is 25.7 Å². The number of morpholine rings is 1. The fourth-order valence-electron chi connectivity index (χ4n) is 4.89. The van der Waals surface area contributed by atoms with Crippen molar-refractivity contribution in [3.63, 3.8) is 0 Å². The van der Waals surface area contributed by atoms with Gasteiger partial charge in [0, 0.05) is 66.4 Å². The lowest BCUT2D eigenvalue weighted by Crippen LogP contribution is -2.36. The Kier molecular flexibility index (Phi) is 6.08. The van der Waals surface area contributed by atoms with Crippen LogP contribution < -0.4 is 15.0 Å². The number of fused-ring (bicyclic) bond motifs is 1. The number of ether oxygens (including phenoxy) is 2. The van der Waals surface area contributed by atoms with Crippen LogP contribution in [0.2, 0.25) is 0 Å². The lowest BCUT2D eigenvalue weighted by atomic mass is 10.0. The minimum atomic E-state index is -0.650. The van der Waals surface area contributed by atoms with Crippen molar-refractivity contribution in [3.8, 4) is 16.9 Å². The maximum atomic E-state index is 15.3. The third-order valence-electron chi connectivity index (χ3n) is 6.99. The van der Waals surface area contributed by atoms with Gasteiger partial charge in [-0.2, -0.15) is 0 Å². The molecule has 1 aromatic carbocycles. The first-order valence-corrected chi connectivity index (χ1v) is 12.4. The van der Waals surface area contributed by atoms with Gasteiger partial charge < -0.3 is 19.7 Å². The molecule has 0 unspecified atom stereocenters. The molecule has 2 fully saturated rings. The molecule has 4 heterocycles. The van der Waals surface area contributed by atoms with Gasteiger partial charge in [0.1, 0.15) is 23.2 Å². The molecule has 2 aliphatic rings. The van der Waals surface area contributed by atoms with E-state index in [9.17, 15) is 4.39 Å². The molecule has 1 aliphatic carbocycles. The summed E-state index contributed by atoms with van der Waals surface area (Å²) >= 11 is 0. The first-order valence-electron chi connectivity index (χ1n) is 12.4. The van der Waals surface area contributed by atoms with Crippen LogP contribution in [0.5, 0.6) is 5.75 Å². The number of nitrogens with one attached hydrogen (secondary N) is 1. The van der Waals surface area contributed by atoms with E-state index in [1.807, 2.05) is 19.1 Å². The molecule has 190 valence electrons. The summed E-state index contributed by atoms with van der Waals surface area (Å²) in [5.41, 5.74) is 4.94. The van der Waals surface area contributed by atoms with Crippen LogP contribution in [-0.4, -0.2) is 48.4 Å². The monoisotopic (exact) mass is 503 g/mol. The number of hydrogen-bond acceptors (Lipinski definition) is 7. The number of pyridine rings is 3. The Labute approximate surface area is 213 Å². The topological polar surface area (TPSA) is 72.4 Å². The molecule has 37 heavy (non-hydrogen) atoms. The Morgan fingerprint density at radius 1 is 1.05 bits per heavy atom. The average molecular weight is 504 g/mol. The van der Waals surface area contributed by atoms with E-state index in [1.165, 1.54) is 6.07 Å². The van der Waals surface area contributed by atoms with E-state index in [0.717, 1.165) is 65.9 Å². The first-order chi connectivity index (χ1) is 18.0. The largest absolute Gasteiger partial charge is 0.495 e. The molecule has 7 nitrogen and oxygen atoms in total. The molecule has 1 saturated carbocycles. The highest BCUT2D eigenvalue weighted by Gasteiger charge is 2.30. The molecule has 9 heteroatoms. The number of anilines is 3. The molecular weight excluding hydrogens is 476 g/mol. The van der Waals surface area contributed by atoms with Crippen LogP contribution in [0.3, 0.4) is 0 Å². The van der Waals surface area contributed by atoms with Gasteiger partial charge in [-0.15, -0.1) is 0 Å². The molecule has 3 aromatic heterocycles. The van der Waals surface area contributed by atoms with Crippen LogP contribution in [0.1, 0.15) is 30.0 Å². The van der Waals surface area contributed by atoms with Gasteiger partial charge in [-0.1, -0.05) is 0 Å². The van der Waals surface area contributed by atoms with Gasteiger partial charge in [-0.25, -0.2) is 13.8 Å². The Hall–Kier alpha value is -3.85. The summed E-state index contributed by atoms with van der Waals surface area (Å²) in [6.45, 7) is 4.65. The highest BCUT2D eigenvalue weighted by molar-refractivity contribution is 5.97. The van der Waals surface area contributed by atoms with Gasteiger partial charge in [-0.05, 0) is 31.4 Å². The minimum Gasteiger partial charge on any atom is -0.495 e. The normalized spacial score (nSPS) is 15.7. The fraction of sp³-hybridized carbons (Fsp3) is 0.321. The lowest BCUT2D eigenvalue weighted by Gasteiger charge is -2.28. The van der Waals surface area contributed by atoms with E-state index in [2.05, 4.69) is 20.2 Å². The predicted octanol–water partition coefficient (Wildman–Crippen LogP) is 5.74. The maximum absolute atomic E-state index is 15.3. The van der Waals surface area contributed by atoms with Crippen molar-refractivity contribution in [3.05, 3.63) is 65.7 Å². The number of benzene rings is 1. The Morgan fingerprint density at radius 2 is 1.86 bits per heavy atom. The number of aromatic nitrogens is 3. The molecule has 0 atom stereocenters. The lowest BCUT2D eigenvalue weighted by molar-refractivity contribution is 0.122. The molecule has 6 rings (SSSR count). The van der Waals surface area contributed by atoms with Gasteiger partial charge in [0.15, 0.2) is 0 Å². The molecule has 0 spiro atoms. The number of methoxy groups -OCH3 is 1. The molecule has 1 saturated heterocycles. The second-order valence-electron chi connectivity index (χ2n) is 9.48. The summed E-state index contributed by atoms with van der Waals surface area (Å²) in [6.07, 6.45) is 7.21. The quantitative estimate of drug-likeness (QED) is 0.359. The molecule has 1 aliphatic heterocycles. The number of nitrogens with zero attached hydrogens (tertiary/aromatic N) is 4. The summed E-state index contributed by atoms with van der Waals surface area (Å²) in [6, 6.07) is 6.05. The summed E-state index contributed by atoms with van der Waals surface area (Å²) < 4.78 is 40.3. The summed E-state index contributed by atoms with van der Waals surface area (Å²) in [5, 5.41) is 3.78. The van der Waals surface area contributed by atoms with Crippen molar-refractivity contribution in [2.24, 2.45) is 0 Å². The highest BCUT2D eigenvalue weighted by Crippen LogP contribution is 2.45. The summed E-state index contributed by atoms with van der Waals surface area (Å²) in [7, 11) is 1.59. The Morgan fingerprint density at radius 3 is 2.62 bits per heavy atom. The standard InChI is InChI=1S/C28H27F2N5O2/c1-16-27(17-3-4-17)34-24-11-19(29)10-22(30)26(24)28(16)33-23-12-25(35-5-7-37-8-6-35)32-15-21(23)18-9-20(36-2)14-31-13-18/h9-15,17H,3-8H2,1-2H3,(H,32,33,34).